The number of aromatic nitrogens is 1. The lowest BCUT2D eigenvalue weighted by atomic mass is 10.2. The van der Waals surface area contributed by atoms with Crippen molar-refractivity contribution in [2.24, 2.45) is 0 Å². The van der Waals surface area contributed by atoms with Crippen molar-refractivity contribution < 1.29 is 26.4 Å². The van der Waals surface area contributed by atoms with Crippen LogP contribution in [-0.2, 0) is 20.4 Å². The first-order chi connectivity index (χ1) is 12.8. The summed E-state index contributed by atoms with van der Waals surface area (Å²) in [6.07, 6.45) is 1.13. The van der Waals surface area contributed by atoms with Crippen molar-refractivity contribution in [2.75, 3.05) is 11.1 Å². The van der Waals surface area contributed by atoms with Crippen molar-refractivity contribution >= 4 is 21.4 Å². The molecule has 0 radical (unpaired) electrons. The third kappa shape index (κ3) is 4.98. The van der Waals surface area contributed by atoms with E-state index in [2.05, 4.69) is 10.3 Å². The summed E-state index contributed by atoms with van der Waals surface area (Å²) in [6, 6.07) is 10.9. The SMILES string of the molecule is O=C(CS(=O)(=O)Cc1coc(-c2cccc(F)c2)n1)Nc1ccccc1F. The average Bonchev–Trinajstić information content (AvgIpc) is 3.04. The van der Waals surface area contributed by atoms with Crippen LogP contribution in [0.5, 0.6) is 0 Å². The number of sulfone groups is 1. The van der Waals surface area contributed by atoms with E-state index in [-0.39, 0.29) is 17.3 Å². The van der Waals surface area contributed by atoms with Gasteiger partial charge in [-0.3, -0.25) is 4.79 Å². The summed E-state index contributed by atoms with van der Waals surface area (Å²) in [5, 5.41) is 2.21. The fraction of sp³-hybridized carbons (Fsp3) is 0.111. The Hall–Kier alpha value is -3.07. The highest BCUT2D eigenvalue weighted by Crippen LogP contribution is 2.20. The van der Waals surface area contributed by atoms with E-state index < -0.39 is 38.9 Å². The van der Waals surface area contributed by atoms with Gasteiger partial charge in [0.25, 0.3) is 0 Å². The molecular formula is C18H14F2N2O4S. The van der Waals surface area contributed by atoms with Gasteiger partial charge in [-0.15, -0.1) is 0 Å². The van der Waals surface area contributed by atoms with E-state index in [1.165, 1.54) is 36.4 Å². The van der Waals surface area contributed by atoms with Crippen LogP contribution >= 0.6 is 0 Å². The van der Waals surface area contributed by atoms with Crippen LogP contribution in [-0.4, -0.2) is 25.1 Å². The second kappa shape index (κ2) is 7.67. The molecule has 9 heteroatoms. The maximum absolute atomic E-state index is 13.5. The Morgan fingerprint density at radius 1 is 1.11 bits per heavy atom. The molecule has 3 rings (SSSR count). The van der Waals surface area contributed by atoms with E-state index in [9.17, 15) is 22.0 Å². The molecule has 1 N–H and O–H groups in total. The van der Waals surface area contributed by atoms with Crippen LogP contribution < -0.4 is 5.32 Å². The van der Waals surface area contributed by atoms with Crippen molar-refractivity contribution in [1.82, 2.24) is 4.98 Å². The molecule has 3 aromatic rings. The van der Waals surface area contributed by atoms with Crippen LogP contribution in [0.15, 0.2) is 59.2 Å². The lowest BCUT2D eigenvalue weighted by molar-refractivity contribution is -0.113. The van der Waals surface area contributed by atoms with Crippen LogP contribution in [0, 0.1) is 11.6 Å². The molecule has 0 atom stereocenters. The number of para-hydroxylation sites is 1. The number of nitrogens with one attached hydrogen (secondary N) is 1. The Morgan fingerprint density at radius 3 is 2.63 bits per heavy atom. The van der Waals surface area contributed by atoms with Gasteiger partial charge in [0, 0.05) is 5.56 Å². The number of amides is 1. The van der Waals surface area contributed by atoms with E-state index in [0.717, 1.165) is 12.3 Å². The number of hydrogen-bond acceptors (Lipinski definition) is 5. The zero-order valence-corrected chi connectivity index (χ0v) is 14.7. The minimum atomic E-state index is -3.87. The summed E-state index contributed by atoms with van der Waals surface area (Å²) in [5.74, 6) is -3.34. The van der Waals surface area contributed by atoms with E-state index in [4.69, 9.17) is 4.42 Å². The maximum atomic E-state index is 13.5. The van der Waals surface area contributed by atoms with Gasteiger partial charge in [-0.25, -0.2) is 22.2 Å². The number of oxazole rings is 1. The molecule has 140 valence electrons. The number of anilines is 1. The third-order valence-corrected chi connectivity index (χ3v) is 4.93. The lowest BCUT2D eigenvalue weighted by Crippen LogP contribution is -2.24. The number of carbonyl (C=O) groups is 1. The van der Waals surface area contributed by atoms with E-state index in [0.29, 0.717) is 5.56 Å². The molecule has 0 bridgehead atoms. The fourth-order valence-electron chi connectivity index (χ4n) is 2.35. The Kier molecular flexibility index (Phi) is 5.31. The van der Waals surface area contributed by atoms with Gasteiger partial charge in [0.05, 0.1) is 17.1 Å². The first-order valence-electron chi connectivity index (χ1n) is 7.77. The Bertz CT molecular complexity index is 1080. The number of carbonyl (C=O) groups excluding carboxylic acids is 1. The van der Waals surface area contributed by atoms with Gasteiger partial charge in [-0.2, -0.15) is 0 Å². The minimum Gasteiger partial charge on any atom is -0.444 e. The molecule has 0 spiro atoms. The first kappa shape index (κ1) is 18.7. The van der Waals surface area contributed by atoms with Crippen LogP contribution in [0.4, 0.5) is 14.5 Å². The zero-order valence-electron chi connectivity index (χ0n) is 13.9. The van der Waals surface area contributed by atoms with Crippen LogP contribution in [0.1, 0.15) is 5.69 Å². The van der Waals surface area contributed by atoms with Gasteiger partial charge < -0.3 is 9.73 Å². The maximum Gasteiger partial charge on any atom is 0.239 e. The van der Waals surface area contributed by atoms with Gasteiger partial charge in [0.1, 0.15) is 23.7 Å². The largest absolute Gasteiger partial charge is 0.444 e. The van der Waals surface area contributed by atoms with Crippen molar-refractivity contribution in [3.05, 3.63) is 72.1 Å². The van der Waals surface area contributed by atoms with Crippen molar-refractivity contribution in [1.29, 1.82) is 0 Å². The molecule has 27 heavy (non-hydrogen) atoms. The van der Waals surface area contributed by atoms with Crippen molar-refractivity contribution in [2.45, 2.75) is 5.75 Å². The van der Waals surface area contributed by atoms with Gasteiger partial charge in [-0.1, -0.05) is 18.2 Å². The van der Waals surface area contributed by atoms with Gasteiger partial charge in [-0.05, 0) is 30.3 Å². The topological polar surface area (TPSA) is 89.3 Å². The minimum absolute atomic E-state index is 0.0653. The van der Waals surface area contributed by atoms with Gasteiger partial charge in [0.15, 0.2) is 9.84 Å². The summed E-state index contributed by atoms with van der Waals surface area (Å²) in [5.41, 5.74) is 0.330. The molecule has 0 aliphatic rings. The third-order valence-electron chi connectivity index (χ3n) is 3.49. The van der Waals surface area contributed by atoms with Crippen molar-refractivity contribution in [3.63, 3.8) is 0 Å². The molecule has 0 saturated heterocycles. The van der Waals surface area contributed by atoms with E-state index >= 15 is 0 Å². The van der Waals surface area contributed by atoms with Gasteiger partial charge in [0.2, 0.25) is 11.8 Å². The Morgan fingerprint density at radius 2 is 1.89 bits per heavy atom. The summed E-state index contributed by atoms with van der Waals surface area (Å²) < 4.78 is 56.3. The molecule has 1 aromatic heterocycles. The zero-order chi connectivity index (χ0) is 19.4. The Balaban J connectivity index is 1.66. The van der Waals surface area contributed by atoms with E-state index in [1.807, 2.05) is 0 Å². The smallest absolute Gasteiger partial charge is 0.239 e. The lowest BCUT2D eigenvalue weighted by Gasteiger charge is -2.06. The molecule has 6 nitrogen and oxygen atoms in total. The quantitative estimate of drug-likeness (QED) is 0.696. The molecule has 0 saturated carbocycles. The first-order valence-corrected chi connectivity index (χ1v) is 9.60. The molecule has 1 heterocycles. The summed E-state index contributed by atoms with van der Waals surface area (Å²) in [6.45, 7) is 0. The normalized spacial score (nSPS) is 11.3. The highest BCUT2D eigenvalue weighted by molar-refractivity contribution is 7.91. The highest BCUT2D eigenvalue weighted by Gasteiger charge is 2.21. The molecule has 1 amide bonds. The van der Waals surface area contributed by atoms with Crippen molar-refractivity contribution in [3.8, 4) is 11.5 Å². The number of rotatable bonds is 6. The Labute approximate surface area is 153 Å². The van der Waals surface area contributed by atoms with Gasteiger partial charge >= 0.3 is 0 Å². The monoisotopic (exact) mass is 392 g/mol. The predicted molar refractivity (Wildman–Crippen MR) is 94.4 cm³/mol. The molecular weight excluding hydrogens is 378 g/mol. The predicted octanol–water partition coefficient (Wildman–Crippen LogP) is 3.17. The summed E-state index contributed by atoms with van der Waals surface area (Å²) >= 11 is 0. The number of halogens is 2. The molecule has 0 aliphatic heterocycles. The summed E-state index contributed by atoms with van der Waals surface area (Å²) in [4.78, 5) is 15.9. The standard InChI is InChI=1S/C18H14F2N2O4S/c19-13-5-3-4-12(8-13)18-21-14(9-26-18)10-27(24,25)11-17(23)22-16-7-2-1-6-15(16)20/h1-9H,10-11H2,(H,22,23). The average molecular weight is 392 g/mol. The molecule has 0 unspecified atom stereocenters. The molecule has 2 aromatic carbocycles. The van der Waals surface area contributed by atoms with Crippen LogP contribution in [0.2, 0.25) is 0 Å². The highest BCUT2D eigenvalue weighted by atomic mass is 32.2. The van der Waals surface area contributed by atoms with Crippen LogP contribution in [0.3, 0.4) is 0 Å². The molecule has 0 fully saturated rings. The summed E-state index contributed by atoms with van der Waals surface area (Å²) in [7, 11) is -3.87. The van der Waals surface area contributed by atoms with E-state index in [1.54, 1.807) is 6.07 Å². The number of hydrogen-bond donors (Lipinski definition) is 1. The van der Waals surface area contributed by atoms with Crippen LogP contribution in [0.25, 0.3) is 11.5 Å². The number of nitrogens with zero attached hydrogens (tertiary/aromatic N) is 1. The number of benzene rings is 2. The second-order valence-electron chi connectivity index (χ2n) is 5.71. The fourth-order valence-corrected chi connectivity index (χ4v) is 3.51. The molecule has 0 aliphatic carbocycles. The second-order valence-corrected chi connectivity index (χ2v) is 7.78.